The number of aliphatic hydroxyl groups excluding tert-OH is 1. The minimum Gasteiger partial charge on any atom is -0.394 e. The summed E-state index contributed by atoms with van der Waals surface area (Å²) in [7, 11) is 0. The van der Waals surface area contributed by atoms with Crippen molar-refractivity contribution in [3.8, 4) is 0 Å². The summed E-state index contributed by atoms with van der Waals surface area (Å²) in [4.78, 5) is 37.2. The average molecular weight is 494 g/mol. The number of H-pyrrole nitrogens is 1. The molecule has 1 atom stereocenters. The van der Waals surface area contributed by atoms with Crippen LogP contribution in [0.4, 0.5) is 11.5 Å². The summed E-state index contributed by atoms with van der Waals surface area (Å²) in [6, 6.07) is 8.57. The van der Waals surface area contributed by atoms with E-state index in [0.29, 0.717) is 62.1 Å². The maximum atomic E-state index is 13.6. The lowest BCUT2D eigenvalue weighted by Gasteiger charge is -2.36. The Balaban J connectivity index is 1.47. The first kappa shape index (κ1) is 24.4. The van der Waals surface area contributed by atoms with Crippen LogP contribution < -0.4 is 15.8 Å². The number of benzene rings is 1. The van der Waals surface area contributed by atoms with Crippen molar-refractivity contribution < 1.29 is 19.4 Å². The zero-order valence-electron chi connectivity index (χ0n) is 20.3. The number of aromatic nitrogens is 2. The quantitative estimate of drug-likeness (QED) is 0.473. The van der Waals surface area contributed by atoms with E-state index in [2.05, 4.69) is 15.2 Å². The van der Waals surface area contributed by atoms with E-state index < -0.39 is 0 Å². The fourth-order valence-corrected chi connectivity index (χ4v) is 4.78. The lowest BCUT2D eigenvalue weighted by Crippen LogP contribution is -2.48. The van der Waals surface area contributed by atoms with E-state index in [1.807, 2.05) is 24.0 Å². The van der Waals surface area contributed by atoms with Crippen molar-refractivity contribution in [3.05, 3.63) is 63.6 Å². The summed E-state index contributed by atoms with van der Waals surface area (Å²) >= 11 is 0. The largest absolute Gasteiger partial charge is 0.394 e. The van der Waals surface area contributed by atoms with Gasteiger partial charge in [-0.25, -0.2) is 4.98 Å². The molecule has 3 aromatic rings. The molecule has 190 valence electrons. The predicted molar refractivity (Wildman–Crippen MR) is 137 cm³/mol. The van der Waals surface area contributed by atoms with Gasteiger partial charge in [-0.2, -0.15) is 0 Å². The van der Waals surface area contributed by atoms with Gasteiger partial charge in [-0.3, -0.25) is 14.5 Å². The van der Waals surface area contributed by atoms with Gasteiger partial charge in [-0.05, 0) is 42.3 Å². The third-order valence-electron chi connectivity index (χ3n) is 6.70. The number of rotatable bonds is 6. The molecule has 0 bridgehead atoms. The lowest BCUT2D eigenvalue weighted by atomic mass is 10.1. The number of hydrogen-bond donors (Lipinski definition) is 3. The number of hydrogen-bond acceptors (Lipinski definition) is 8. The number of nitrogens with zero attached hydrogens (tertiary/aromatic N) is 3. The summed E-state index contributed by atoms with van der Waals surface area (Å²) < 4.78 is 11.0. The molecule has 0 saturated carbocycles. The van der Waals surface area contributed by atoms with E-state index in [9.17, 15) is 14.7 Å². The monoisotopic (exact) mass is 493 g/mol. The number of nitrogens with one attached hydrogen (secondary N) is 2. The minimum atomic E-state index is -0.286. The number of carbonyl (C=O) groups excluding carboxylic acids is 1. The van der Waals surface area contributed by atoms with E-state index >= 15 is 0 Å². The molecule has 0 spiro atoms. The molecule has 1 amide bonds. The highest BCUT2D eigenvalue weighted by Crippen LogP contribution is 2.26. The van der Waals surface area contributed by atoms with Gasteiger partial charge in [-0.1, -0.05) is 0 Å². The molecule has 10 nitrogen and oxygen atoms in total. The molecule has 2 aromatic heterocycles. The number of ether oxygens (including phenoxy) is 2. The van der Waals surface area contributed by atoms with Gasteiger partial charge < -0.3 is 29.8 Å². The van der Waals surface area contributed by atoms with Crippen molar-refractivity contribution in [3.63, 3.8) is 0 Å². The van der Waals surface area contributed by atoms with Gasteiger partial charge >= 0.3 is 0 Å². The third-order valence-corrected chi connectivity index (χ3v) is 6.70. The molecular weight excluding hydrogens is 462 g/mol. The maximum absolute atomic E-state index is 13.6. The van der Waals surface area contributed by atoms with E-state index in [-0.39, 0.29) is 24.1 Å². The Bertz CT molecular complexity index is 1300. The number of aryl methyl sites for hydroxylation is 1. The molecule has 1 aromatic carbocycles. The zero-order chi connectivity index (χ0) is 25.1. The number of anilines is 2. The van der Waals surface area contributed by atoms with E-state index in [4.69, 9.17) is 14.5 Å². The second kappa shape index (κ2) is 10.8. The topological polar surface area (TPSA) is 120 Å². The molecule has 2 fully saturated rings. The smallest absolute Gasteiger partial charge is 0.259 e. The number of aliphatic hydroxyl groups is 1. The molecule has 4 heterocycles. The normalized spacial score (nSPS) is 18.9. The first-order valence-corrected chi connectivity index (χ1v) is 12.2. The second-order valence-electron chi connectivity index (χ2n) is 9.24. The number of aromatic amines is 1. The number of fused-ring (bicyclic) bond motifs is 1. The van der Waals surface area contributed by atoms with E-state index in [1.54, 1.807) is 24.4 Å². The highest BCUT2D eigenvalue weighted by atomic mass is 16.5. The zero-order valence-corrected chi connectivity index (χ0v) is 20.3. The number of carbonyl (C=O) groups is 1. The van der Waals surface area contributed by atoms with Gasteiger partial charge in [-0.15, -0.1) is 0 Å². The summed E-state index contributed by atoms with van der Waals surface area (Å²) in [5, 5.41) is 13.8. The Labute approximate surface area is 208 Å². The summed E-state index contributed by atoms with van der Waals surface area (Å²) in [5.41, 5.74) is 3.39. The van der Waals surface area contributed by atoms with E-state index in [0.717, 1.165) is 29.6 Å². The highest BCUT2D eigenvalue weighted by Gasteiger charge is 2.28. The summed E-state index contributed by atoms with van der Waals surface area (Å²) in [6.45, 7) is 6.89. The molecule has 2 saturated heterocycles. The lowest BCUT2D eigenvalue weighted by molar-refractivity contribution is 0.0341. The predicted octanol–water partition coefficient (Wildman–Crippen LogP) is 1.51. The van der Waals surface area contributed by atoms with Crippen molar-refractivity contribution in [1.82, 2.24) is 14.9 Å². The third kappa shape index (κ3) is 5.26. The Hall–Kier alpha value is -3.31. The van der Waals surface area contributed by atoms with Crippen molar-refractivity contribution in [2.45, 2.75) is 19.5 Å². The molecule has 10 heteroatoms. The van der Waals surface area contributed by atoms with E-state index in [1.165, 1.54) is 0 Å². The number of morpholine rings is 2. The summed E-state index contributed by atoms with van der Waals surface area (Å²) in [5.74, 6) is 0.243. The van der Waals surface area contributed by atoms with Gasteiger partial charge in [0.15, 0.2) is 0 Å². The van der Waals surface area contributed by atoms with Crippen LogP contribution in [0.3, 0.4) is 0 Å². The molecular formula is C26H31N5O5. The van der Waals surface area contributed by atoms with Crippen LogP contribution in [-0.2, 0) is 16.0 Å². The first-order chi connectivity index (χ1) is 17.5. The molecule has 36 heavy (non-hydrogen) atoms. The molecule has 2 aliphatic rings. The van der Waals surface area contributed by atoms with Gasteiger partial charge in [0.25, 0.3) is 5.91 Å². The first-order valence-electron chi connectivity index (χ1n) is 12.2. The average Bonchev–Trinajstić information content (AvgIpc) is 2.89. The highest BCUT2D eigenvalue weighted by molar-refractivity contribution is 6.08. The van der Waals surface area contributed by atoms with Crippen LogP contribution in [0.25, 0.3) is 10.9 Å². The minimum absolute atomic E-state index is 0.0968. The Morgan fingerprint density at radius 1 is 1.17 bits per heavy atom. The fraction of sp³-hybridized carbons (Fsp3) is 0.423. The standard InChI is InChI=1S/C26H31N5O5/c1-17-10-24(33)29-23-3-2-19(12-21(17)23)28-26(34)22-11-18(14-30-4-7-35-8-5-30)13-27-25(22)31-6-9-36-16-20(31)15-32/h2-3,10-13,20,32H,4-9,14-16H2,1H3,(H,28,34)(H,29,33). The second-order valence-corrected chi connectivity index (χ2v) is 9.24. The Morgan fingerprint density at radius 2 is 1.97 bits per heavy atom. The van der Waals surface area contributed by atoms with Crippen molar-refractivity contribution in [2.24, 2.45) is 0 Å². The number of amides is 1. The van der Waals surface area contributed by atoms with Gasteiger partial charge in [0.1, 0.15) is 5.82 Å². The van der Waals surface area contributed by atoms with Gasteiger partial charge in [0.05, 0.1) is 44.6 Å². The van der Waals surface area contributed by atoms with Crippen LogP contribution in [0.15, 0.2) is 41.3 Å². The van der Waals surface area contributed by atoms with Crippen LogP contribution in [0.2, 0.25) is 0 Å². The van der Waals surface area contributed by atoms with Gasteiger partial charge in [0, 0.05) is 55.0 Å². The molecule has 0 aliphatic carbocycles. The van der Waals surface area contributed by atoms with Crippen LogP contribution in [0.5, 0.6) is 0 Å². The van der Waals surface area contributed by atoms with Crippen molar-refractivity contribution in [2.75, 3.05) is 62.9 Å². The molecule has 3 N–H and O–H groups in total. The maximum Gasteiger partial charge on any atom is 0.259 e. The molecule has 1 unspecified atom stereocenters. The SMILES string of the molecule is Cc1cc(=O)[nH]c2ccc(NC(=O)c3cc(CN4CCOCC4)cnc3N3CCOCC3CO)cc12. The van der Waals surface area contributed by atoms with Crippen molar-refractivity contribution >= 4 is 28.3 Å². The Morgan fingerprint density at radius 3 is 2.78 bits per heavy atom. The molecule has 0 radical (unpaired) electrons. The fourth-order valence-electron chi connectivity index (χ4n) is 4.78. The molecule has 2 aliphatic heterocycles. The molecule has 5 rings (SSSR count). The van der Waals surface area contributed by atoms with Gasteiger partial charge in [0.2, 0.25) is 5.56 Å². The summed E-state index contributed by atoms with van der Waals surface area (Å²) in [6.07, 6.45) is 1.81. The van der Waals surface area contributed by atoms with Crippen LogP contribution in [0.1, 0.15) is 21.5 Å². The van der Waals surface area contributed by atoms with Crippen LogP contribution in [0, 0.1) is 6.92 Å². The Kier molecular flexibility index (Phi) is 7.28. The van der Waals surface area contributed by atoms with Crippen LogP contribution in [-0.4, -0.2) is 84.6 Å². The van der Waals surface area contributed by atoms with Crippen LogP contribution >= 0.6 is 0 Å². The van der Waals surface area contributed by atoms with Crippen molar-refractivity contribution in [1.29, 1.82) is 0 Å². The number of pyridine rings is 2.